The number of carbonyl (C=O) groups is 1. The predicted octanol–water partition coefficient (Wildman–Crippen LogP) is 2.24. The van der Waals surface area contributed by atoms with E-state index in [1.165, 1.54) is 11.3 Å². The van der Waals surface area contributed by atoms with Crippen LogP contribution in [0.25, 0.3) is 0 Å². The van der Waals surface area contributed by atoms with Gasteiger partial charge in [0.1, 0.15) is 5.75 Å². The average Bonchev–Trinajstić information content (AvgIpc) is 3.03. The minimum absolute atomic E-state index is 0.279. The molecule has 1 aromatic heterocycles. The SMILES string of the molecule is O=C(CNS(=O)(=O)c1ccc(OC(F)(F)F)cc1)NCc1cccs1. The van der Waals surface area contributed by atoms with Crippen molar-refractivity contribution in [2.24, 2.45) is 0 Å². The van der Waals surface area contributed by atoms with Crippen molar-refractivity contribution >= 4 is 27.3 Å². The molecular weight excluding hydrogens is 381 g/mol. The van der Waals surface area contributed by atoms with Crippen LogP contribution in [0.2, 0.25) is 0 Å². The van der Waals surface area contributed by atoms with E-state index in [9.17, 15) is 26.4 Å². The largest absolute Gasteiger partial charge is 0.573 e. The Hall–Kier alpha value is -2.11. The molecule has 11 heteroatoms. The summed E-state index contributed by atoms with van der Waals surface area (Å²) in [4.78, 5) is 12.3. The summed E-state index contributed by atoms with van der Waals surface area (Å²) in [5, 5.41) is 4.39. The van der Waals surface area contributed by atoms with Crippen LogP contribution >= 0.6 is 11.3 Å². The summed E-state index contributed by atoms with van der Waals surface area (Å²) in [5.41, 5.74) is 0. The Kier molecular flexibility index (Phi) is 6.03. The maximum Gasteiger partial charge on any atom is 0.573 e. The number of carbonyl (C=O) groups excluding carboxylic acids is 1. The van der Waals surface area contributed by atoms with Crippen LogP contribution in [0.3, 0.4) is 0 Å². The van der Waals surface area contributed by atoms with Gasteiger partial charge in [0.2, 0.25) is 15.9 Å². The van der Waals surface area contributed by atoms with E-state index in [1.807, 2.05) is 17.5 Å². The van der Waals surface area contributed by atoms with Crippen molar-refractivity contribution in [2.45, 2.75) is 17.8 Å². The van der Waals surface area contributed by atoms with Gasteiger partial charge in [0.05, 0.1) is 18.0 Å². The number of alkyl halides is 3. The second-order valence-electron chi connectivity index (χ2n) is 4.70. The van der Waals surface area contributed by atoms with Gasteiger partial charge in [-0.1, -0.05) is 6.07 Å². The van der Waals surface area contributed by atoms with E-state index in [0.717, 1.165) is 29.1 Å². The van der Waals surface area contributed by atoms with Crippen LogP contribution in [-0.4, -0.2) is 27.2 Å². The molecule has 0 spiro atoms. The molecule has 0 aliphatic carbocycles. The smallest absolute Gasteiger partial charge is 0.406 e. The standard InChI is InChI=1S/C14H13F3N2O4S2/c15-14(16,17)23-10-3-5-12(6-4-10)25(21,22)19-9-13(20)18-8-11-2-1-7-24-11/h1-7,19H,8-9H2,(H,18,20). The zero-order chi connectivity index (χ0) is 18.5. The van der Waals surface area contributed by atoms with Crippen molar-refractivity contribution in [3.05, 3.63) is 46.7 Å². The normalized spacial score (nSPS) is 12.0. The van der Waals surface area contributed by atoms with Crippen molar-refractivity contribution < 1.29 is 31.1 Å². The molecule has 0 atom stereocenters. The highest BCUT2D eigenvalue weighted by molar-refractivity contribution is 7.89. The van der Waals surface area contributed by atoms with Crippen LogP contribution in [0.5, 0.6) is 5.75 Å². The lowest BCUT2D eigenvalue weighted by molar-refractivity contribution is -0.274. The topological polar surface area (TPSA) is 84.5 Å². The molecule has 1 amide bonds. The first-order valence-electron chi connectivity index (χ1n) is 6.80. The molecule has 0 aliphatic heterocycles. The molecule has 0 fully saturated rings. The summed E-state index contributed by atoms with van der Waals surface area (Å²) in [6, 6.07) is 7.29. The van der Waals surface area contributed by atoms with Crippen molar-refractivity contribution in [3.63, 3.8) is 0 Å². The highest BCUT2D eigenvalue weighted by Gasteiger charge is 2.31. The number of benzene rings is 1. The summed E-state index contributed by atoms with van der Waals surface area (Å²) >= 11 is 1.45. The van der Waals surface area contributed by atoms with Gasteiger partial charge in [-0.25, -0.2) is 13.1 Å². The second kappa shape index (κ2) is 7.85. The fourth-order valence-corrected chi connectivity index (χ4v) is 3.35. The van der Waals surface area contributed by atoms with Crippen LogP contribution < -0.4 is 14.8 Å². The van der Waals surface area contributed by atoms with Crippen LogP contribution in [0.4, 0.5) is 13.2 Å². The summed E-state index contributed by atoms with van der Waals surface area (Å²) in [6.07, 6.45) is -4.86. The number of thiophene rings is 1. The number of halogens is 3. The molecule has 136 valence electrons. The molecule has 6 nitrogen and oxygen atoms in total. The molecule has 1 aromatic carbocycles. The fourth-order valence-electron chi connectivity index (χ4n) is 1.73. The number of amides is 1. The maximum atomic E-state index is 12.1. The molecule has 0 aliphatic rings. The Bertz CT molecular complexity index is 804. The lowest BCUT2D eigenvalue weighted by Gasteiger charge is -2.10. The van der Waals surface area contributed by atoms with Crippen molar-refractivity contribution in [1.82, 2.24) is 10.0 Å². The van der Waals surface area contributed by atoms with Crippen molar-refractivity contribution in [1.29, 1.82) is 0 Å². The zero-order valence-electron chi connectivity index (χ0n) is 12.5. The van der Waals surface area contributed by atoms with Crippen LogP contribution in [0.15, 0.2) is 46.7 Å². The summed E-state index contributed by atoms with van der Waals surface area (Å²) in [5.74, 6) is -1.07. The lowest BCUT2D eigenvalue weighted by Crippen LogP contribution is -2.36. The summed E-state index contributed by atoms with van der Waals surface area (Å²) in [7, 11) is -4.03. The lowest BCUT2D eigenvalue weighted by atomic mass is 10.3. The molecule has 1 heterocycles. The van der Waals surface area contributed by atoms with Gasteiger partial charge in [0.25, 0.3) is 0 Å². The molecule has 25 heavy (non-hydrogen) atoms. The summed E-state index contributed by atoms with van der Waals surface area (Å²) in [6.45, 7) is -0.212. The van der Waals surface area contributed by atoms with Crippen LogP contribution in [0, 0.1) is 0 Å². The number of rotatable bonds is 7. The molecule has 0 unspecified atom stereocenters. The van der Waals surface area contributed by atoms with E-state index in [1.54, 1.807) is 0 Å². The highest BCUT2D eigenvalue weighted by Crippen LogP contribution is 2.23. The number of sulfonamides is 1. The minimum Gasteiger partial charge on any atom is -0.406 e. The monoisotopic (exact) mass is 394 g/mol. The Balaban J connectivity index is 1.89. The first kappa shape index (κ1) is 19.2. The van der Waals surface area contributed by atoms with Gasteiger partial charge < -0.3 is 10.1 Å². The van der Waals surface area contributed by atoms with E-state index in [-0.39, 0.29) is 11.4 Å². The average molecular weight is 394 g/mol. The first-order chi connectivity index (χ1) is 11.7. The van der Waals surface area contributed by atoms with Gasteiger partial charge in [-0.3, -0.25) is 4.79 Å². The molecular formula is C14H13F3N2O4S2. The highest BCUT2D eigenvalue weighted by atomic mass is 32.2. The van der Waals surface area contributed by atoms with E-state index in [2.05, 4.69) is 14.8 Å². The molecule has 2 aromatic rings. The van der Waals surface area contributed by atoms with Gasteiger partial charge in [-0.15, -0.1) is 24.5 Å². The third kappa shape index (κ3) is 6.36. The molecule has 2 rings (SSSR count). The number of nitrogens with one attached hydrogen (secondary N) is 2. The van der Waals surface area contributed by atoms with Crippen LogP contribution in [0.1, 0.15) is 4.88 Å². The van der Waals surface area contributed by atoms with Gasteiger partial charge in [-0.2, -0.15) is 0 Å². The first-order valence-corrected chi connectivity index (χ1v) is 9.16. The van der Waals surface area contributed by atoms with E-state index >= 15 is 0 Å². The van der Waals surface area contributed by atoms with E-state index in [4.69, 9.17) is 0 Å². The van der Waals surface area contributed by atoms with E-state index in [0.29, 0.717) is 0 Å². The molecule has 0 radical (unpaired) electrons. The van der Waals surface area contributed by atoms with Gasteiger partial charge in [0, 0.05) is 4.88 Å². The minimum atomic E-state index is -4.86. The van der Waals surface area contributed by atoms with Gasteiger partial charge in [0.15, 0.2) is 0 Å². The van der Waals surface area contributed by atoms with Crippen molar-refractivity contribution in [2.75, 3.05) is 6.54 Å². The third-order valence-corrected chi connectivity index (χ3v) is 5.12. The van der Waals surface area contributed by atoms with Crippen molar-refractivity contribution in [3.8, 4) is 5.75 Å². The molecule has 2 N–H and O–H groups in total. The number of ether oxygens (including phenoxy) is 1. The third-order valence-electron chi connectivity index (χ3n) is 2.83. The van der Waals surface area contributed by atoms with Gasteiger partial charge in [-0.05, 0) is 35.7 Å². The van der Waals surface area contributed by atoms with E-state index < -0.39 is 34.6 Å². The predicted molar refractivity (Wildman–Crippen MR) is 84.5 cm³/mol. The number of hydrogen-bond acceptors (Lipinski definition) is 5. The maximum absolute atomic E-state index is 12.1. The Morgan fingerprint density at radius 3 is 2.40 bits per heavy atom. The number of hydrogen-bond donors (Lipinski definition) is 2. The molecule has 0 saturated carbocycles. The van der Waals surface area contributed by atoms with Gasteiger partial charge >= 0.3 is 6.36 Å². The quantitative estimate of drug-likeness (QED) is 0.754. The molecule has 0 saturated heterocycles. The zero-order valence-corrected chi connectivity index (χ0v) is 14.2. The summed E-state index contributed by atoms with van der Waals surface area (Å²) < 4.78 is 65.9. The Morgan fingerprint density at radius 1 is 1.16 bits per heavy atom. The van der Waals surface area contributed by atoms with Crippen LogP contribution in [-0.2, 0) is 21.4 Å². The Labute approximate surface area is 145 Å². The molecule has 0 bridgehead atoms. The second-order valence-corrected chi connectivity index (χ2v) is 7.50. The fraction of sp³-hybridized carbons (Fsp3) is 0.214. The Morgan fingerprint density at radius 2 is 1.84 bits per heavy atom.